The molecule has 1 amide bonds. The molecule has 24 heavy (non-hydrogen) atoms. The van der Waals surface area contributed by atoms with Crippen LogP contribution in [0.5, 0.6) is 0 Å². The number of hydrogen-bond acceptors (Lipinski definition) is 7. The summed E-state index contributed by atoms with van der Waals surface area (Å²) >= 11 is 11.7. The van der Waals surface area contributed by atoms with Gasteiger partial charge in [-0.2, -0.15) is 0 Å². The molecule has 0 saturated carbocycles. The van der Waals surface area contributed by atoms with Crippen LogP contribution in [-0.4, -0.2) is 16.3 Å². The zero-order valence-corrected chi connectivity index (χ0v) is 13.5. The Bertz CT molecular complexity index is 729. The molecular formula is C14H11Cl2N3O5-2. The third-order valence-electron chi connectivity index (χ3n) is 3.04. The minimum absolute atomic E-state index is 0.104. The van der Waals surface area contributed by atoms with Gasteiger partial charge < -0.3 is 21.0 Å². The van der Waals surface area contributed by atoms with Gasteiger partial charge in [0.1, 0.15) is 0 Å². The van der Waals surface area contributed by atoms with Gasteiger partial charge in [-0.15, -0.1) is 5.23 Å². The first-order chi connectivity index (χ1) is 11.3. The van der Waals surface area contributed by atoms with Gasteiger partial charge in [0.05, 0.1) is 15.7 Å². The molecule has 0 aliphatic rings. The number of benzene rings is 2. The lowest BCUT2D eigenvalue weighted by Crippen LogP contribution is -2.24. The molecule has 0 aliphatic carbocycles. The molecule has 8 nitrogen and oxygen atoms in total. The van der Waals surface area contributed by atoms with Crippen molar-refractivity contribution in [2.24, 2.45) is 0 Å². The molecule has 2 aromatic carbocycles. The Balaban J connectivity index is 2.17. The lowest BCUT2D eigenvalue weighted by atomic mass is 10.1. The zero-order valence-electron chi connectivity index (χ0n) is 11.9. The second-order valence-electron chi connectivity index (χ2n) is 4.72. The fraction of sp³-hybridized carbons (Fsp3) is 0.0714. The van der Waals surface area contributed by atoms with Gasteiger partial charge in [0.15, 0.2) is 0 Å². The van der Waals surface area contributed by atoms with Crippen molar-refractivity contribution >= 4 is 40.5 Å². The highest BCUT2D eigenvalue weighted by Gasteiger charge is 2.11. The molecule has 0 radical (unpaired) electrons. The molecule has 0 aliphatic heterocycles. The van der Waals surface area contributed by atoms with E-state index in [9.17, 15) is 15.2 Å². The first-order valence-corrected chi connectivity index (χ1v) is 7.23. The average molecular weight is 372 g/mol. The summed E-state index contributed by atoms with van der Waals surface area (Å²) in [6, 6.07) is 7.85. The van der Waals surface area contributed by atoms with Crippen LogP contribution in [0.25, 0.3) is 0 Å². The normalized spacial score (nSPS) is 10.4. The molecule has 2 aromatic rings. The van der Waals surface area contributed by atoms with Crippen LogP contribution < -0.4 is 15.8 Å². The standard InChI is InChI=1S/C14H11Cl2N3O5/c15-12-2-1-8(3-13(12)16)7-17-14(20)9-4-10(18(21)22)6-11(5-9)19(23)24/h1-6,21-22H,7H2,(H,17,20)/q-2. The molecule has 3 N–H and O–H groups in total. The number of carbonyl (C=O) groups excluding carboxylic acids is 1. The smallest absolute Gasteiger partial charge is 0.251 e. The van der Waals surface area contributed by atoms with Crippen molar-refractivity contribution in [3.8, 4) is 0 Å². The lowest BCUT2D eigenvalue weighted by molar-refractivity contribution is 0.0291. The highest BCUT2D eigenvalue weighted by Crippen LogP contribution is 2.24. The van der Waals surface area contributed by atoms with Gasteiger partial charge in [0.25, 0.3) is 5.91 Å². The van der Waals surface area contributed by atoms with Crippen molar-refractivity contribution in [2.75, 3.05) is 10.5 Å². The Hall–Kier alpha value is -2.07. The molecule has 0 aromatic heterocycles. The summed E-state index contributed by atoms with van der Waals surface area (Å²) in [7, 11) is 0. The quantitative estimate of drug-likeness (QED) is 0.688. The largest absolute Gasteiger partial charge is 0.769 e. The van der Waals surface area contributed by atoms with E-state index in [-0.39, 0.29) is 23.0 Å². The van der Waals surface area contributed by atoms with Crippen molar-refractivity contribution in [3.63, 3.8) is 0 Å². The van der Waals surface area contributed by atoms with Gasteiger partial charge in [-0.1, -0.05) is 29.3 Å². The number of halogens is 2. The zero-order chi connectivity index (χ0) is 17.9. The predicted octanol–water partition coefficient (Wildman–Crippen LogP) is 3.31. The monoisotopic (exact) mass is 371 g/mol. The molecule has 0 fully saturated rings. The maximum atomic E-state index is 12.1. The van der Waals surface area contributed by atoms with Crippen molar-refractivity contribution in [2.45, 2.75) is 6.54 Å². The van der Waals surface area contributed by atoms with Gasteiger partial charge >= 0.3 is 0 Å². The molecule has 0 saturated heterocycles. The molecule has 0 spiro atoms. The van der Waals surface area contributed by atoms with Crippen LogP contribution in [0.3, 0.4) is 0 Å². The van der Waals surface area contributed by atoms with Crippen LogP contribution in [-0.2, 0) is 6.54 Å². The fourth-order valence-corrected chi connectivity index (χ4v) is 2.20. The summed E-state index contributed by atoms with van der Waals surface area (Å²) in [4.78, 5) is 12.1. The molecule has 0 bridgehead atoms. The SMILES string of the molecule is O=C(NCc1ccc(Cl)c(Cl)c1)c1cc(N([O-])[O-])cc(N(O)O)c1. The first-order valence-electron chi connectivity index (χ1n) is 6.47. The van der Waals surface area contributed by atoms with E-state index in [4.69, 9.17) is 33.6 Å². The van der Waals surface area contributed by atoms with Gasteiger partial charge in [-0.05, 0) is 35.9 Å². The number of nitrogens with zero attached hydrogens (tertiary/aromatic N) is 2. The summed E-state index contributed by atoms with van der Waals surface area (Å²) in [6.07, 6.45) is 0. The second kappa shape index (κ2) is 7.67. The van der Waals surface area contributed by atoms with Crippen LogP contribution >= 0.6 is 23.2 Å². The number of hydrogen-bond donors (Lipinski definition) is 3. The fourth-order valence-electron chi connectivity index (χ4n) is 1.88. The minimum atomic E-state index is -0.747. The van der Waals surface area contributed by atoms with Gasteiger partial charge in [-0.3, -0.25) is 15.2 Å². The molecule has 10 heteroatoms. The Kier molecular flexibility index (Phi) is 5.84. The third kappa shape index (κ3) is 4.48. The molecule has 0 heterocycles. The number of rotatable bonds is 5. The molecule has 0 atom stereocenters. The van der Waals surface area contributed by atoms with E-state index in [1.807, 2.05) is 0 Å². The van der Waals surface area contributed by atoms with Crippen LogP contribution in [0.2, 0.25) is 10.0 Å². The van der Waals surface area contributed by atoms with Crippen LogP contribution in [0.1, 0.15) is 15.9 Å². The van der Waals surface area contributed by atoms with Gasteiger partial charge in [0, 0.05) is 17.8 Å². The van der Waals surface area contributed by atoms with E-state index in [1.165, 1.54) is 0 Å². The van der Waals surface area contributed by atoms with Crippen molar-refractivity contribution in [3.05, 3.63) is 68.0 Å². The van der Waals surface area contributed by atoms with Gasteiger partial charge in [0.2, 0.25) is 0 Å². The van der Waals surface area contributed by atoms with Crippen molar-refractivity contribution in [1.29, 1.82) is 0 Å². The van der Waals surface area contributed by atoms with E-state index in [0.717, 1.165) is 18.2 Å². The first kappa shape index (κ1) is 18.3. The highest BCUT2D eigenvalue weighted by atomic mass is 35.5. The Labute approximate surface area is 146 Å². The van der Waals surface area contributed by atoms with E-state index >= 15 is 0 Å². The second-order valence-corrected chi connectivity index (χ2v) is 5.53. The topological polar surface area (TPSA) is 122 Å². The lowest BCUT2D eigenvalue weighted by Gasteiger charge is -2.38. The van der Waals surface area contributed by atoms with E-state index < -0.39 is 16.8 Å². The van der Waals surface area contributed by atoms with Crippen molar-refractivity contribution < 1.29 is 15.2 Å². The maximum absolute atomic E-state index is 12.1. The molecular weight excluding hydrogens is 361 g/mol. The van der Waals surface area contributed by atoms with E-state index in [1.54, 1.807) is 18.2 Å². The van der Waals surface area contributed by atoms with Crippen molar-refractivity contribution in [1.82, 2.24) is 5.32 Å². The maximum Gasteiger partial charge on any atom is 0.251 e. The van der Waals surface area contributed by atoms with E-state index in [2.05, 4.69) is 5.32 Å². The summed E-state index contributed by atoms with van der Waals surface area (Å²) < 4.78 is 0. The highest BCUT2D eigenvalue weighted by molar-refractivity contribution is 6.42. The number of nitrogens with one attached hydrogen (secondary N) is 1. The third-order valence-corrected chi connectivity index (χ3v) is 3.78. The Morgan fingerprint density at radius 3 is 2.29 bits per heavy atom. The molecule has 0 unspecified atom stereocenters. The Morgan fingerprint density at radius 2 is 1.71 bits per heavy atom. The van der Waals surface area contributed by atoms with Crippen LogP contribution in [0.15, 0.2) is 36.4 Å². The predicted molar refractivity (Wildman–Crippen MR) is 89.3 cm³/mol. The van der Waals surface area contributed by atoms with Gasteiger partial charge in [-0.25, -0.2) is 0 Å². The molecule has 128 valence electrons. The average Bonchev–Trinajstić information content (AvgIpc) is 2.55. The Morgan fingerprint density at radius 1 is 1.04 bits per heavy atom. The van der Waals surface area contributed by atoms with Crippen LogP contribution in [0, 0.1) is 10.4 Å². The van der Waals surface area contributed by atoms with E-state index in [0.29, 0.717) is 15.6 Å². The summed E-state index contributed by atoms with van der Waals surface area (Å²) in [5.41, 5.74) is -0.203. The number of anilines is 2. The summed E-state index contributed by atoms with van der Waals surface area (Å²) in [5.74, 6) is -0.632. The summed E-state index contributed by atoms with van der Waals surface area (Å²) in [5, 5.41) is 42.0. The molecule has 2 rings (SSSR count). The van der Waals surface area contributed by atoms with Crippen LogP contribution in [0.4, 0.5) is 11.4 Å². The number of amides is 1. The summed E-state index contributed by atoms with van der Waals surface area (Å²) in [6.45, 7) is 0.107. The minimum Gasteiger partial charge on any atom is -0.769 e. The number of carbonyl (C=O) groups is 1.